The number of carbonyl (C=O) groups excluding carboxylic acids is 1. The molecule has 4 aromatic rings. The lowest BCUT2D eigenvalue weighted by Crippen LogP contribution is -2.35. The van der Waals surface area contributed by atoms with E-state index in [0.29, 0.717) is 29.5 Å². The van der Waals surface area contributed by atoms with Gasteiger partial charge < -0.3 is 14.8 Å². The Morgan fingerprint density at radius 2 is 2.00 bits per heavy atom. The second-order valence-electron chi connectivity index (χ2n) is 10.6. The lowest BCUT2D eigenvalue weighted by Gasteiger charge is -2.32. The fourth-order valence-corrected chi connectivity index (χ4v) is 5.25. The number of nitrogens with zero attached hydrogens (tertiary/aromatic N) is 6. The minimum absolute atomic E-state index is 0.0325. The summed E-state index contributed by atoms with van der Waals surface area (Å²) in [7, 11) is 2.92. The van der Waals surface area contributed by atoms with E-state index >= 15 is 4.39 Å². The van der Waals surface area contributed by atoms with Crippen molar-refractivity contribution in [1.29, 1.82) is 5.26 Å². The van der Waals surface area contributed by atoms with Gasteiger partial charge in [-0.05, 0) is 55.2 Å². The van der Waals surface area contributed by atoms with Crippen LogP contribution in [0.5, 0.6) is 5.75 Å². The summed E-state index contributed by atoms with van der Waals surface area (Å²) >= 11 is 0. The maximum Gasteiger partial charge on any atom is 0.255 e. The van der Waals surface area contributed by atoms with Crippen molar-refractivity contribution in [2.45, 2.75) is 52.6 Å². The molecule has 0 fully saturated rings. The molecule has 0 unspecified atom stereocenters. The molecule has 1 aliphatic rings. The van der Waals surface area contributed by atoms with E-state index in [1.807, 2.05) is 6.07 Å². The van der Waals surface area contributed by atoms with Gasteiger partial charge in [-0.1, -0.05) is 18.2 Å². The summed E-state index contributed by atoms with van der Waals surface area (Å²) in [5.41, 5.74) is 5.36. The molecule has 1 N–H and O–H groups in total. The summed E-state index contributed by atoms with van der Waals surface area (Å²) in [4.78, 5) is 15.9. The van der Waals surface area contributed by atoms with Crippen molar-refractivity contribution >= 4 is 5.91 Å². The molecule has 0 radical (unpaired) electrons. The number of rotatable bonds is 10. The number of halogens is 1. The number of methoxy groups -OCH3 is 2. The van der Waals surface area contributed by atoms with E-state index in [1.54, 1.807) is 30.3 Å². The SMILES string of the molecule is COCc1nn(Cc2ccc3c(c2)CN(C(C)C)CC3)cc1C(=O)NCc1c(-n2ccc(C#N)n2)ccc(OC)c1F. The molecule has 0 saturated carbocycles. The molecule has 0 spiro atoms. The van der Waals surface area contributed by atoms with Crippen molar-refractivity contribution in [2.75, 3.05) is 20.8 Å². The minimum Gasteiger partial charge on any atom is -0.494 e. The van der Waals surface area contributed by atoms with E-state index in [1.165, 1.54) is 35.1 Å². The van der Waals surface area contributed by atoms with Gasteiger partial charge in [0.1, 0.15) is 11.8 Å². The summed E-state index contributed by atoms with van der Waals surface area (Å²) in [6.07, 6.45) is 4.29. The fourth-order valence-electron chi connectivity index (χ4n) is 5.25. The van der Waals surface area contributed by atoms with Crippen molar-refractivity contribution in [3.8, 4) is 17.5 Å². The number of aromatic nitrogens is 4. The van der Waals surface area contributed by atoms with E-state index in [-0.39, 0.29) is 30.2 Å². The average molecular weight is 572 g/mol. The van der Waals surface area contributed by atoms with Crippen LogP contribution >= 0.6 is 0 Å². The van der Waals surface area contributed by atoms with Gasteiger partial charge in [-0.15, -0.1) is 0 Å². The first-order valence-corrected chi connectivity index (χ1v) is 13.8. The smallest absolute Gasteiger partial charge is 0.255 e. The lowest BCUT2D eigenvalue weighted by molar-refractivity contribution is 0.0945. The Hall–Kier alpha value is -4.53. The number of benzene rings is 2. The third-order valence-electron chi connectivity index (χ3n) is 7.53. The molecular formula is C31H34FN7O3. The second kappa shape index (κ2) is 12.5. The summed E-state index contributed by atoms with van der Waals surface area (Å²) in [6, 6.07) is 13.6. The van der Waals surface area contributed by atoms with Gasteiger partial charge in [-0.3, -0.25) is 14.4 Å². The zero-order valence-corrected chi connectivity index (χ0v) is 24.2. The van der Waals surface area contributed by atoms with Gasteiger partial charge >= 0.3 is 0 Å². The summed E-state index contributed by atoms with van der Waals surface area (Å²) in [5.74, 6) is -1.01. The number of fused-ring (bicyclic) bond motifs is 1. The van der Waals surface area contributed by atoms with Gasteiger partial charge in [0.05, 0.1) is 31.5 Å². The van der Waals surface area contributed by atoms with Crippen molar-refractivity contribution < 1.29 is 18.7 Å². The molecular weight excluding hydrogens is 537 g/mol. The molecule has 2 aromatic heterocycles. The summed E-state index contributed by atoms with van der Waals surface area (Å²) in [6.45, 7) is 6.91. The van der Waals surface area contributed by atoms with Gasteiger partial charge in [-0.25, -0.2) is 9.07 Å². The highest BCUT2D eigenvalue weighted by molar-refractivity contribution is 5.95. The number of nitriles is 1. The number of nitrogens with one attached hydrogen (secondary N) is 1. The van der Waals surface area contributed by atoms with Crippen molar-refractivity contribution in [3.05, 3.63) is 93.8 Å². The van der Waals surface area contributed by atoms with Crippen molar-refractivity contribution in [2.24, 2.45) is 0 Å². The monoisotopic (exact) mass is 571 g/mol. The topological polar surface area (TPSA) is 110 Å². The van der Waals surface area contributed by atoms with Crippen LogP contribution < -0.4 is 10.1 Å². The van der Waals surface area contributed by atoms with E-state index in [4.69, 9.17) is 14.7 Å². The molecule has 3 heterocycles. The van der Waals surface area contributed by atoms with E-state index in [9.17, 15) is 4.79 Å². The molecule has 0 saturated heterocycles. The first-order valence-electron chi connectivity index (χ1n) is 13.8. The molecule has 5 rings (SSSR count). The molecule has 0 bridgehead atoms. The molecule has 218 valence electrons. The maximum absolute atomic E-state index is 15.4. The maximum atomic E-state index is 15.4. The highest BCUT2D eigenvalue weighted by atomic mass is 19.1. The van der Waals surface area contributed by atoms with Gasteiger partial charge in [0.15, 0.2) is 17.3 Å². The number of ether oxygens (including phenoxy) is 2. The van der Waals surface area contributed by atoms with Crippen LogP contribution in [-0.4, -0.2) is 57.2 Å². The van der Waals surface area contributed by atoms with Crippen LogP contribution in [-0.2, 0) is 37.4 Å². The Balaban J connectivity index is 1.36. The molecule has 1 aliphatic heterocycles. The highest BCUT2D eigenvalue weighted by Gasteiger charge is 2.22. The molecule has 0 atom stereocenters. The lowest BCUT2D eigenvalue weighted by atomic mass is 9.96. The van der Waals surface area contributed by atoms with Crippen LogP contribution in [0.2, 0.25) is 0 Å². The second-order valence-corrected chi connectivity index (χ2v) is 10.6. The zero-order chi connectivity index (χ0) is 29.8. The average Bonchev–Trinajstić information content (AvgIpc) is 3.63. The first kappa shape index (κ1) is 29.0. The molecule has 1 amide bonds. The zero-order valence-electron chi connectivity index (χ0n) is 24.2. The van der Waals surface area contributed by atoms with Gasteiger partial charge in [0, 0.05) is 50.7 Å². The van der Waals surface area contributed by atoms with E-state index < -0.39 is 11.7 Å². The van der Waals surface area contributed by atoms with Crippen LogP contribution in [0.4, 0.5) is 4.39 Å². The molecule has 11 heteroatoms. The van der Waals surface area contributed by atoms with E-state index in [2.05, 4.69) is 52.5 Å². The Bertz CT molecular complexity index is 1640. The Kier molecular flexibility index (Phi) is 8.66. The van der Waals surface area contributed by atoms with Crippen LogP contribution in [0.15, 0.2) is 48.8 Å². The Morgan fingerprint density at radius 1 is 1.17 bits per heavy atom. The fraction of sp³-hybridized carbons (Fsp3) is 0.355. The minimum atomic E-state index is -0.624. The third kappa shape index (κ3) is 6.05. The normalized spacial score (nSPS) is 13.2. The van der Waals surface area contributed by atoms with Crippen molar-refractivity contribution in [3.63, 3.8) is 0 Å². The van der Waals surface area contributed by atoms with Crippen LogP contribution in [0.3, 0.4) is 0 Å². The molecule has 2 aromatic carbocycles. The largest absolute Gasteiger partial charge is 0.494 e. The highest BCUT2D eigenvalue weighted by Crippen LogP contribution is 2.27. The molecule has 42 heavy (non-hydrogen) atoms. The van der Waals surface area contributed by atoms with Crippen molar-refractivity contribution in [1.82, 2.24) is 29.8 Å². The number of hydrogen-bond donors (Lipinski definition) is 1. The number of amides is 1. The number of hydrogen-bond acceptors (Lipinski definition) is 7. The molecule has 0 aliphatic carbocycles. The molecule has 10 nitrogen and oxygen atoms in total. The predicted molar refractivity (Wildman–Crippen MR) is 154 cm³/mol. The van der Waals surface area contributed by atoms with Crippen LogP contribution in [0, 0.1) is 17.1 Å². The van der Waals surface area contributed by atoms with E-state index in [0.717, 1.165) is 25.1 Å². The number of carbonyl (C=O) groups is 1. The third-order valence-corrected chi connectivity index (χ3v) is 7.53. The van der Waals surface area contributed by atoms with Gasteiger partial charge in [-0.2, -0.15) is 15.5 Å². The first-order chi connectivity index (χ1) is 20.3. The van der Waals surface area contributed by atoms with Gasteiger partial charge in [0.2, 0.25) is 0 Å². The summed E-state index contributed by atoms with van der Waals surface area (Å²) in [5, 5.41) is 20.8. The Labute approximate surface area is 244 Å². The quantitative estimate of drug-likeness (QED) is 0.307. The standard InChI is InChI=1S/C31H34FN7O3/c1-20(2)37-11-9-22-6-5-21(13-23(22)17-37)16-38-18-26(27(36-38)19-41-3)31(40)34-15-25-28(7-8-29(42-4)30(25)32)39-12-10-24(14-33)35-39/h5-8,10,12-13,18,20H,9,11,15-17,19H2,1-4H3,(H,34,40). The van der Waals surface area contributed by atoms with Crippen LogP contribution in [0.1, 0.15) is 57.8 Å². The van der Waals surface area contributed by atoms with Crippen LogP contribution in [0.25, 0.3) is 5.69 Å². The Morgan fingerprint density at radius 3 is 2.71 bits per heavy atom. The summed E-state index contributed by atoms with van der Waals surface area (Å²) < 4.78 is 29.0. The predicted octanol–water partition coefficient (Wildman–Crippen LogP) is 3.98. The van der Waals surface area contributed by atoms with Gasteiger partial charge in [0.25, 0.3) is 5.91 Å².